The molecule has 1 rings (SSSR count). The third kappa shape index (κ3) is 7.06. The molecular formula is C11H21F3N2. The molecule has 0 aromatic heterocycles. The lowest BCUT2D eigenvalue weighted by Gasteiger charge is -2.20. The van der Waals surface area contributed by atoms with Gasteiger partial charge in [-0.05, 0) is 26.3 Å². The minimum Gasteiger partial charge on any atom is -0.313 e. The normalized spacial score (nSPS) is 19.1. The van der Waals surface area contributed by atoms with Crippen LogP contribution in [-0.4, -0.2) is 43.8 Å². The first-order valence-electron chi connectivity index (χ1n) is 5.85. The Kier molecular flexibility index (Phi) is 5.05. The van der Waals surface area contributed by atoms with E-state index in [9.17, 15) is 13.2 Å². The van der Waals surface area contributed by atoms with Crippen LogP contribution in [0, 0.1) is 5.92 Å². The lowest BCUT2D eigenvalue weighted by Crippen LogP contribution is -2.38. The number of nitrogens with one attached hydrogen (secondary N) is 1. The van der Waals surface area contributed by atoms with Crippen LogP contribution < -0.4 is 5.32 Å². The Labute approximate surface area is 95.2 Å². The van der Waals surface area contributed by atoms with Gasteiger partial charge in [0.15, 0.2) is 0 Å². The summed E-state index contributed by atoms with van der Waals surface area (Å²) in [5.41, 5.74) is 0. The number of nitrogens with zero attached hydrogens (tertiary/aromatic N) is 1. The minimum atomic E-state index is -4.09. The lowest BCUT2D eigenvalue weighted by atomic mass is 10.1. The summed E-state index contributed by atoms with van der Waals surface area (Å²) >= 11 is 0. The van der Waals surface area contributed by atoms with E-state index in [4.69, 9.17) is 0 Å². The number of alkyl halides is 3. The van der Waals surface area contributed by atoms with Gasteiger partial charge in [0.25, 0.3) is 0 Å². The zero-order valence-corrected chi connectivity index (χ0v) is 9.98. The molecule has 96 valence electrons. The quantitative estimate of drug-likeness (QED) is 0.732. The van der Waals surface area contributed by atoms with Gasteiger partial charge in [0, 0.05) is 19.1 Å². The molecule has 0 radical (unpaired) electrons. The number of hydrogen-bond acceptors (Lipinski definition) is 2. The second-order valence-electron chi connectivity index (χ2n) is 4.89. The second kappa shape index (κ2) is 5.87. The van der Waals surface area contributed by atoms with E-state index in [1.807, 2.05) is 0 Å². The SMILES string of the molecule is CC(CC1CC1)NCCN(C)CC(F)(F)F. The first kappa shape index (κ1) is 13.8. The van der Waals surface area contributed by atoms with Crippen LogP contribution in [0.5, 0.6) is 0 Å². The van der Waals surface area contributed by atoms with Crippen molar-refractivity contribution in [3.63, 3.8) is 0 Å². The highest BCUT2D eigenvalue weighted by atomic mass is 19.4. The maximum atomic E-state index is 12.0. The number of likely N-dealkylation sites (N-methyl/N-ethyl adjacent to an activating group) is 1. The van der Waals surface area contributed by atoms with Crippen molar-refractivity contribution >= 4 is 0 Å². The predicted molar refractivity (Wildman–Crippen MR) is 58.4 cm³/mol. The van der Waals surface area contributed by atoms with Crippen molar-refractivity contribution in [3.05, 3.63) is 0 Å². The van der Waals surface area contributed by atoms with Gasteiger partial charge >= 0.3 is 6.18 Å². The predicted octanol–water partition coefficient (Wildman–Crippen LogP) is 2.26. The van der Waals surface area contributed by atoms with Gasteiger partial charge in [0.2, 0.25) is 0 Å². The highest BCUT2D eigenvalue weighted by molar-refractivity contribution is 4.78. The Morgan fingerprint density at radius 1 is 1.38 bits per heavy atom. The summed E-state index contributed by atoms with van der Waals surface area (Å²) < 4.78 is 36.0. The van der Waals surface area contributed by atoms with Gasteiger partial charge in [0.05, 0.1) is 6.54 Å². The maximum Gasteiger partial charge on any atom is 0.401 e. The van der Waals surface area contributed by atoms with Crippen molar-refractivity contribution in [1.29, 1.82) is 0 Å². The molecule has 1 aliphatic rings. The second-order valence-corrected chi connectivity index (χ2v) is 4.89. The van der Waals surface area contributed by atoms with E-state index in [0.717, 1.165) is 12.3 Å². The van der Waals surface area contributed by atoms with Crippen LogP contribution in [0.15, 0.2) is 0 Å². The smallest absolute Gasteiger partial charge is 0.313 e. The Balaban J connectivity index is 2.00. The average Bonchev–Trinajstić information content (AvgIpc) is 2.84. The molecule has 1 unspecified atom stereocenters. The van der Waals surface area contributed by atoms with E-state index in [2.05, 4.69) is 12.2 Å². The van der Waals surface area contributed by atoms with Crippen LogP contribution in [0.3, 0.4) is 0 Å². The summed E-state index contributed by atoms with van der Waals surface area (Å²) in [4.78, 5) is 1.30. The van der Waals surface area contributed by atoms with E-state index in [1.54, 1.807) is 0 Å². The topological polar surface area (TPSA) is 15.3 Å². The van der Waals surface area contributed by atoms with E-state index in [-0.39, 0.29) is 0 Å². The molecule has 1 aliphatic carbocycles. The molecule has 0 saturated heterocycles. The summed E-state index contributed by atoms with van der Waals surface area (Å²) in [5.74, 6) is 0.857. The molecule has 1 N–H and O–H groups in total. The van der Waals surface area contributed by atoms with E-state index < -0.39 is 12.7 Å². The molecular weight excluding hydrogens is 217 g/mol. The fraction of sp³-hybridized carbons (Fsp3) is 1.00. The minimum absolute atomic E-state index is 0.423. The van der Waals surface area contributed by atoms with Gasteiger partial charge < -0.3 is 5.32 Å². The van der Waals surface area contributed by atoms with Crippen LogP contribution in [0.25, 0.3) is 0 Å². The molecule has 1 atom stereocenters. The van der Waals surface area contributed by atoms with E-state index in [0.29, 0.717) is 19.1 Å². The Hall–Kier alpha value is -0.290. The van der Waals surface area contributed by atoms with Crippen LogP contribution in [0.1, 0.15) is 26.2 Å². The zero-order chi connectivity index (χ0) is 12.2. The van der Waals surface area contributed by atoms with Crippen LogP contribution in [0.4, 0.5) is 13.2 Å². The fourth-order valence-electron chi connectivity index (χ4n) is 1.82. The summed E-state index contributed by atoms with van der Waals surface area (Å²) in [6, 6.07) is 0.423. The highest BCUT2D eigenvalue weighted by Gasteiger charge is 2.29. The van der Waals surface area contributed by atoms with Gasteiger partial charge in [0.1, 0.15) is 0 Å². The Bertz CT molecular complexity index is 202. The maximum absolute atomic E-state index is 12.0. The highest BCUT2D eigenvalue weighted by Crippen LogP contribution is 2.33. The number of hydrogen-bond donors (Lipinski definition) is 1. The monoisotopic (exact) mass is 238 g/mol. The first-order chi connectivity index (χ1) is 7.37. The van der Waals surface area contributed by atoms with E-state index in [1.165, 1.54) is 24.8 Å². The van der Waals surface area contributed by atoms with Crippen molar-refractivity contribution < 1.29 is 13.2 Å². The van der Waals surface area contributed by atoms with Crippen molar-refractivity contribution in [3.8, 4) is 0 Å². The molecule has 0 bridgehead atoms. The third-order valence-electron chi connectivity index (χ3n) is 2.82. The van der Waals surface area contributed by atoms with Gasteiger partial charge in [-0.1, -0.05) is 12.8 Å². The van der Waals surface area contributed by atoms with Crippen molar-refractivity contribution in [2.45, 2.75) is 38.4 Å². The summed E-state index contributed by atoms with van der Waals surface area (Å²) in [6.45, 7) is 2.34. The van der Waals surface area contributed by atoms with Gasteiger partial charge in [-0.25, -0.2) is 0 Å². The molecule has 0 amide bonds. The fourth-order valence-corrected chi connectivity index (χ4v) is 1.82. The molecule has 0 aromatic rings. The number of rotatable bonds is 7. The zero-order valence-electron chi connectivity index (χ0n) is 9.98. The molecule has 16 heavy (non-hydrogen) atoms. The van der Waals surface area contributed by atoms with Gasteiger partial charge in [-0.3, -0.25) is 4.90 Å². The van der Waals surface area contributed by atoms with Crippen LogP contribution >= 0.6 is 0 Å². The number of halogens is 3. The van der Waals surface area contributed by atoms with Crippen molar-refractivity contribution in [2.24, 2.45) is 5.92 Å². The Morgan fingerprint density at radius 2 is 2.00 bits per heavy atom. The third-order valence-corrected chi connectivity index (χ3v) is 2.82. The molecule has 0 spiro atoms. The van der Waals surface area contributed by atoms with Crippen LogP contribution in [-0.2, 0) is 0 Å². The molecule has 1 saturated carbocycles. The largest absolute Gasteiger partial charge is 0.401 e. The molecule has 0 heterocycles. The van der Waals surface area contributed by atoms with E-state index >= 15 is 0 Å². The summed E-state index contributed by atoms with van der Waals surface area (Å²) in [6.07, 6.45) is -0.294. The summed E-state index contributed by atoms with van der Waals surface area (Å²) in [5, 5.41) is 3.26. The van der Waals surface area contributed by atoms with Crippen molar-refractivity contribution in [1.82, 2.24) is 10.2 Å². The molecule has 0 aliphatic heterocycles. The van der Waals surface area contributed by atoms with Gasteiger partial charge in [-0.2, -0.15) is 13.2 Å². The average molecular weight is 238 g/mol. The molecule has 5 heteroatoms. The van der Waals surface area contributed by atoms with Crippen LogP contribution in [0.2, 0.25) is 0 Å². The summed E-state index contributed by atoms with van der Waals surface area (Å²) in [7, 11) is 1.50. The molecule has 0 aromatic carbocycles. The molecule has 1 fully saturated rings. The standard InChI is InChI=1S/C11H21F3N2/c1-9(7-10-3-4-10)15-5-6-16(2)8-11(12,13)14/h9-10,15H,3-8H2,1-2H3. The lowest BCUT2D eigenvalue weighted by molar-refractivity contribution is -0.142. The Morgan fingerprint density at radius 3 is 2.50 bits per heavy atom. The first-order valence-corrected chi connectivity index (χ1v) is 5.85. The molecule has 2 nitrogen and oxygen atoms in total. The van der Waals surface area contributed by atoms with Gasteiger partial charge in [-0.15, -0.1) is 0 Å². The van der Waals surface area contributed by atoms with Crippen molar-refractivity contribution in [2.75, 3.05) is 26.7 Å².